The average molecular weight is 153 g/mol. The molecule has 1 atom stereocenters. The summed E-state index contributed by atoms with van der Waals surface area (Å²) in [5.41, 5.74) is 1.21. The van der Waals surface area contributed by atoms with Crippen LogP contribution in [0.1, 0.15) is 25.8 Å². The van der Waals surface area contributed by atoms with E-state index >= 15 is 0 Å². The molecule has 1 N–H and O–H groups in total. The summed E-state index contributed by atoms with van der Waals surface area (Å²) in [7, 11) is 0. The Balaban J connectivity index is 2.23. The largest absolute Gasteiger partial charge is 0.472 e. The van der Waals surface area contributed by atoms with E-state index in [4.69, 9.17) is 4.42 Å². The van der Waals surface area contributed by atoms with Crippen LogP contribution in [0.3, 0.4) is 0 Å². The van der Waals surface area contributed by atoms with Crippen LogP contribution in [0.25, 0.3) is 0 Å². The zero-order valence-electron chi connectivity index (χ0n) is 7.13. The lowest BCUT2D eigenvalue weighted by Gasteiger charge is -2.08. The van der Waals surface area contributed by atoms with Gasteiger partial charge >= 0.3 is 0 Å². The minimum absolute atomic E-state index is 0.588. The fourth-order valence-corrected chi connectivity index (χ4v) is 0.830. The zero-order valence-corrected chi connectivity index (χ0v) is 7.13. The Morgan fingerprint density at radius 3 is 3.00 bits per heavy atom. The molecule has 0 spiro atoms. The highest BCUT2D eigenvalue weighted by Crippen LogP contribution is 1.99. The van der Waals surface area contributed by atoms with Gasteiger partial charge in [-0.05, 0) is 19.4 Å². The molecule has 1 aromatic heterocycles. The lowest BCUT2D eigenvalue weighted by Crippen LogP contribution is -2.24. The van der Waals surface area contributed by atoms with E-state index < -0.39 is 0 Å². The maximum atomic E-state index is 4.94. The van der Waals surface area contributed by atoms with Gasteiger partial charge in [-0.25, -0.2) is 0 Å². The van der Waals surface area contributed by atoms with E-state index in [1.807, 2.05) is 6.07 Å². The second-order valence-electron chi connectivity index (χ2n) is 2.82. The van der Waals surface area contributed by atoms with Crippen LogP contribution in [0.15, 0.2) is 23.0 Å². The molecule has 0 saturated heterocycles. The molecule has 2 heteroatoms. The van der Waals surface area contributed by atoms with E-state index in [2.05, 4.69) is 19.2 Å². The Kier molecular flexibility index (Phi) is 3.17. The standard InChI is InChI=1S/C9H15NO/c1-3-8(2)10-6-9-4-5-11-7-9/h4-5,7-8,10H,3,6H2,1-2H3. The highest BCUT2D eigenvalue weighted by molar-refractivity contribution is 5.04. The van der Waals surface area contributed by atoms with Gasteiger partial charge in [0.1, 0.15) is 0 Å². The predicted molar refractivity (Wildman–Crippen MR) is 45.3 cm³/mol. The van der Waals surface area contributed by atoms with Crippen LogP contribution >= 0.6 is 0 Å². The molecule has 0 fully saturated rings. The van der Waals surface area contributed by atoms with Gasteiger partial charge in [-0.1, -0.05) is 6.92 Å². The third kappa shape index (κ3) is 2.76. The lowest BCUT2D eigenvalue weighted by molar-refractivity contribution is 0.524. The molecule has 0 radical (unpaired) electrons. The number of hydrogen-bond acceptors (Lipinski definition) is 2. The maximum absolute atomic E-state index is 4.94. The molecule has 1 rings (SSSR count). The predicted octanol–water partition coefficient (Wildman–Crippen LogP) is 2.17. The van der Waals surface area contributed by atoms with Gasteiger partial charge in [0.15, 0.2) is 0 Å². The van der Waals surface area contributed by atoms with Gasteiger partial charge in [-0.15, -0.1) is 0 Å². The molecular weight excluding hydrogens is 138 g/mol. The van der Waals surface area contributed by atoms with Gasteiger partial charge in [-0.2, -0.15) is 0 Å². The number of nitrogens with one attached hydrogen (secondary N) is 1. The summed E-state index contributed by atoms with van der Waals surface area (Å²) in [4.78, 5) is 0. The van der Waals surface area contributed by atoms with Gasteiger partial charge in [0.05, 0.1) is 12.5 Å². The Morgan fingerprint density at radius 1 is 1.64 bits per heavy atom. The average Bonchev–Trinajstić information content (AvgIpc) is 2.52. The molecular formula is C9H15NO. The van der Waals surface area contributed by atoms with Crippen LogP contribution < -0.4 is 5.32 Å². The molecule has 11 heavy (non-hydrogen) atoms. The van der Waals surface area contributed by atoms with E-state index in [1.54, 1.807) is 12.5 Å². The molecule has 0 amide bonds. The van der Waals surface area contributed by atoms with Crippen molar-refractivity contribution in [2.24, 2.45) is 0 Å². The number of hydrogen-bond donors (Lipinski definition) is 1. The Morgan fingerprint density at radius 2 is 2.45 bits per heavy atom. The minimum atomic E-state index is 0.588. The fourth-order valence-electron chi connectivity index (χ4n) is 0.830. The minimum Gasteiger partial charge on any atom is -0.472 e. The van der Waals surface area contributed by atoms with Crippen molar-refractivity contribution in [2.75, 3.05) is 0 Å². The second kappa shape index (κ2) is 4.19. The highest BCUT2D eigenvalue weighted by atomic mass is 16.3. The molecule has 0 aliphatic carbocycles. The Bertz CT molecular complexity index is 181. The quantitative estimate of drug-likeness (QED) is 0.717. The van der Waals surface area contributed by atoms with Gasteiger partial charge in [0.2, 0.25) is 0 Å². The molecule has 2 nitrogen and oxygen atoms in total. The Hall–Kier alpha value is -0.760. The third-order valence-electron chi connectivity index (χ3n) is 1.85. The molecule has 0 aromatic carbocycles. The molecule has 0 aliphatic rings. The van der Waals surface area contributed by atoms with Crippen LogP contribution in [-0.4, -0.2) is 6.04 Å². The summed E-state index contributed by atoms with van der Waals surface area (Å²) in [6.45, 7) is 5.26. The highest BCUT2D eigenvalue weighted by Gasteiger charge is 1.97. The fraction of sp³-hybridized carbons (Fsp3) is 0.556. The summed E-state index contributed by atoms with van der Waals surface area (Å²) >= 11 is 0. The molecule has 0 aliphatic heterocycles. The van der Waals surface area contributed by atoms with E-state index in [1.165, 1.54) is 5.56 Å². The summed E-state index contributed by atoms with van der Waals surface area (Å²) in [5.74, 6) is 0. The van der Waals surface area contributed by atoms with Crippen molar-refractivity contribution in [1.82, 2.24) is 5.32 Å². The zero-order chi connectivity index (χ0) is 8.10. The number of furan rings is 1. The second-order valence-corrected chi connectivity index (χ2v) is 2.82. The van der Waals surface area contributed by atoms with Crippen molar-refractivity contribution in [2.45, 2.75) is 32.9 Å². The van der Waals surface area contributed by atoms with E-state index in [0.717, 1.165) is 13.0 Å². The first-order valence-electron chi connectivity index (χ1n) is 4.07. The van der Waals surface area contributed by atoms with Crippen molar-refractivity contribution in [3.05, 3.63) is 24.2 Å². The third-order valence-corrected chi connectivity index (χ3v) is 1.85. The normalized spacial score (nSPS) is 13.3. The van der Waals surface area contributed by atoms with Crippen molar-refractivity contribution >= 4 is 0 Å². The SMILES string of the molecule is CCC(C)NCc1ccoc1. The molecule has 0 bridgehead atoms. The van der Waals surface area contributed by atoms with Crippen LogP contribution in [0.4, 0.5) is 0 Å². The molecule has 62 valence electrons. The van der Waals surface area contributed by atoms with Gasteiger partial charge in [0.25, 0.3) is 0 Å². The van der Waals surface area contributed by atoms with Crippen molar-refractivity contribution in [1.29, 1.82) is 0 Å². The van der Waals surface area contributed by atoms with Crippen molar-refractivity contribution in [3.63, 3.8) is 0 Å². The first-order valence-corrected chi connectivity index (χ1v) is 4.07. The van der Waals surface area contributed by atoms with Gasteiger partial charge in [0, 0.05) is 18.2 Å². The van der Waals surface area contributed by atoms with Crippen LogP contribution in [0.5, 0.6) is 0 Å². The van der Waals surface area contributed by atoms with Crippen molar-refractivity contribution < 1.29 is 4.42 Å². The summed E-state index contributed by atoms with van der Waals surface area (Å²) in [6.07, 6.45) is 4.64. The van der Waals surface area contributed by atoms with Crippen LogP contribution in [0, 0.1) is 0 Å². The summed E-state index contributed by atoms with van der Waals surface area (Å²) in [5, 5.41) is 3.37. The topological polar surface area (TPSA) is 25.2 Å². The monoisotopic (exact) mass is 153 g/mol. The first-order chi connectivity index (χ1) is 5.33. The van der Waals surface area contributed by atoms with Gasteiger partial charge in [-0.3, -0.25) is 0 Å². The first kappa shape index (κ1) is 8.34. The van der Waals surface area contributed by atoms with Crippen LogP contribution in [-0.2, 0) is 6.54 Å². The van der Waals surface area contributed by atoms with E-state index in [0.29, 0.717) is 6.04 Å². The molecule has 1 unspecified atom stereocenters. The maximum Gasteiger partial charge on any atom is 0.0947 e. The molecule has 1 heterocycles. The van der Waals surface area contributed by atoms with Crippen LogP contribution in [0.2, 0.25) is 0 Å². The summed E-state index contributed by atoms with van der Waals surface area (Å²) in [6, 6.07) is 2.57. The van der Waals surface area contributed by atoms with Gasteiger partial charge < -0.3 is 9.73 Å². The van der Waals surface area contributed by atoms with E-state index in [-0.39, 0.29) is 0 Å². The molecule has 0 saturated carbocycles. The van der Waals surface area contributed by atoms with E-state index in [9.17, 15) is 0 Å². The lowest BCUT2D eigenvalue weighted by atomic mass is 10.2. The molecule has 1 aromatic rings. The number of rotatable bonds is 4. The smallest absolute Gasteiger partial charge is 0.0947 e. The Labute approximate surface area is 67.6 Å². The summed E-state index contributed by atoms with van der Waals surface area (Å²) < 4.78 is 4.94. The van der Waals surface area contributed by atoms with Crippen molar-refractivity contribution in [3.8, 4) is 0 Å².